The van der Waals surface area contributed by atoms with Gasteiger partial charge in [0, 0.05) is 32.3 Å². The lowest BCUT2D eigenvalue weighted by molar-refractivity contribution is -0.00214. The smallest absolute Gasteiger partial charge is 0.0576 e. The fraction of sp³-hybridized carbons (Fsp3) is 1.00. The van der Waals surface area contributed by atoms with Crippen LogP contribution in [0.1, 0.15) is 52.9 Å². The van der Waals surface area contributed by atoms with Crippen molar-refractivity contribution in [2.45, 2.75) is 65.0 Å². The van der Waals surface area contributed by atoms with E-state index in [1.54, 1.807) is 0 Å². The van der Waals surface area contributed by atoms with Crippen molar-refractivity contribution >= 4 is 0 Å². The summed E-state index contributed by atoms with van der Waals surface area (Å²) < 4.78 is 5.96. The first-order chi connectivity index (χ1) is 8.95. The summed E-state index contributed by atoms with van der Waals surface area (Å²) in [4.78, 5) is 2.57. The third kappa shape index (κ3) is 4.73. The molecule has 2 fully saturated rings. The van der Waals surface area contributed by atoms with Gasteiger partial charge in [0.1, 0.15) is 0 Å². The van der Waals surface area contributed by atoms with Crippen LogP contribution >= 0.6 is 0 Å². The Morgan fingerprint density at radius 3 is 2.32 bits per heavy atom. The maximum atomic E-state index is 5.96. The number of likely N-dealkylation sites (tertiary alicyclic amines) is 1. The molecule has 1 heterocycles. The van der Waals surface area contributed by atoms with Gasteiger partial charge >= 0.3 is 0 Å². The lowest BCUT2D eigenvalue weighted by Gasteiger charge is -2.46. The third-order valence-corrected chi connectivity index (χ3v) is 4.87. The average Bonchev–Trinajstić information content (AvgIpc) is 2.27. The molecule has 0 aromatic carbocycles. The maximum absolute atomic E-state index is 5.96. The van der Waals surface area contributed by atoms with Gasteiger partial charge in [0.25, 0.3) is 0 Å². The molecule has 0 atom stereocenters. The van der Waals surface area contributed by atoms with Crippen LogP contribution in [0.25, 0.3) is 0 Å². The second-order valence-electron chi connectivity index (χ2n) is 7.58. The van der Waals surface area contributed by atoms with Crippen molar-refractivity contribution in [3.05, 3.63) is 0 Å². The van der Waals surface area contributed by atoms with Crippen LogP contribution in [0, 0.1) is 11.3 Å². The minimum Gasteiger partial charge on any atom is -0.378 e. The Balaban J connectivity index is 1.48. The minimum atomic E-state index is 0.426. The lowest BCUT2D eigenvalue weighted by atomic mass is 9.76. The largest absolute Gasteiger partial charge is 0.378 e. The van der Waals surface area contributed by atoms with Gasteiger partial charge in [0.05, 0.1) is 6.10 Å². The Hall–Kier alpha value is -0.120. The molecule has 3 heteroatoms. The van der Waals surface area contributed by atoms with Crippen LogP contribution in [0.5, 0.6) is 0 Å². The van der Waals surface area contributed by atoms with Crippen molar-refractivity contribution in [2.75, 3.05) is 26.2 Å². The topological polar surface area (TPSA) is 38.5 Å². The van der Waals surface area contributed by atoms with Crippen molar-refractivity contribution < 1.29 is 4.74 Å². The van der Waals surface area contributed by atoms with E-state index in [9.17, 15) is 0 Å². The summed E-state index contributed by atoms with van der Waals surface area (Å²) in [5, 5.41) is 0. The zero-order chi connectivity index (χ0) is 13.9. The highest BCUT2D eigenvalue weighted by atomic mass is 16.5. The van der Waals surface area contributed by atoms with Gasteiger partial charge in [-0.15, -0.1) is 0 Å². The molecule has 3 nitrogen and oxygen atoms in total. The SMILES string of the molecule is CC(C)(C)C1CN(CCCOC2CCC(N)CC2)C1. The van der Waals surface area contributed by atoms with Gasteiger partial charge in [-0.3, -0.25) is 0 Å². The van der Waals surface area contributed by atoms with E-state index in [2.05, 4.69) is 25.7 Å². The number of hydrogen-bond donors (Lipinski definition) is 1. The summed E-state index contributed by atoms with van der Waals surface area (Å²) in [6, 6.07) is 0.426. The lowest BCUT2D eigenvalue weighted by Crippen LogP contribution is -2.52. The standard InChI is InChI=1S/C16H32N2O/c1-16(2,3)13-11-18(12-13)9-4-10-19-15-7-5-14(17)6-8-15/h13-15H,4-12,17H2,1-3H3. The van der Waals surface area contributed by atoms with Gasteiger partial charge in [0.15, 0.2) is 0 Å². The molecule has 0 spiro atoms. The molecule has 0 radical (unpaired) electrons. The molecule has 1 aliphatic heterocycles. The van der Waals surface area contributed by atoms with Gasteiger partial charge in [0.2, 0.25) is 0 Å². The van der Waals surface area contributed by atoms with Crippen LogP contribution in [0.4, 0.5) is 0 Å². The van der Waals surface area contributed by atoms with E-state index in [0.29, 0.717) is 17.6 Å². The van der Waals surface area contributed by atoms with Gasteiger partial charge in [-0.1, -0.05) is 20.8 Å². The summed E-state index contributed by atoms with van der Waals surface area (Å²) >= 11 is 0. The molecule has 1 saturated heterocycles. The fourth-order valence-corrected chi connectivity index (χ4v) is 3.09. The molecule has 0 amide bonds. The number of ether oxygens (including phenoxy) is 1. The molecule has 1 aliphatic carbocycles. The van der Waals surface area contributed by atoms with E-state index in [1.165, 1.54) is 26.1 Å². The monoisotopic (exact) mass is 268 g/mol. The van der Waals surface area contributed by atoms with Gasteiger partial charge in [-0.05, 0) is 43.4 Å². The predicted molar refractivity (Wildman–Crippen MR) is 80.2 cm³/mol. The summed E-state index contributed by atoms with van der Waals surface area (Å²) in [5.74, 6) is 0.883. The van der Waals surface area contributed by atoms with Crippen LogP contribution in [-0.2, 0) is 4.74 Å². The van der Waals surface area contributed by atoms with Gasteiger partial charge in [-0.25, -0.2) is 0 Å². The fourth-order valence-electron chi connectivity index (χ4n) is 3.09. The van der Waals surface area contributed by atoms with E-state index in [4.69, 9.17) is 10.5 Å². The quantitative estimate of drug-likeness (QED) is 0.779. The molecule has 0 bridgehead atoms. The summed E-state index contributed by atoms with van der Waals surface area (Å²) in [5.41, 5.74) is 6.38. The zero-order valence-corrected chi connectivity index (χ0v) is 13.0. The molecule has 2 aliphatic rings. The van der Waals surface area contributed by atoms with Crippen molar-refractivity contribution in [1.29, 1.82) is 0 Å². The van der Waals surface area contributed by atoms with Crippen LogP contribution in [0.15, 0.2) is 0 Å². The highest BCUT2D eigenvalue weighted by Crippen LogP contribution is 2.33. The first-order valence-electron chi connectivity index (χ1n) is 8.04. The summed E-state index contributed by atoms with van der Waals surface area (Å²) in [6.07, 6.45) is 6.28. The molecule has 2 N–H and O–H groups in total. The normalized spacial score (nSPS) is 30.3. The Morgan fingerprint density at radius 1 is 1.11 bits per heavy atom. The third-order valence-electron chi connectivity index (χ3n) is 4.87. The molecular weight excluding hydrogens is 236 g/mol. The maximum Gasteiger partial charge on any atom is 0.0576 e. The second kappa shape index (κ2) is 6.55. The van der Waals surface area contributed by atoms with Crippen molar-refractivity contribution in [1.82, 2.24) is 4.90 Å². The number of hydrogen-bond acceptors (Lipinski definition) is 3. The van der Waals surface area contributed by atoms with E-state index in [0.717, 1.165) is 38.2 Å². The molecule has 0 aromatic heterocycles. The van der Waals surface area contributed by atoms with Crippen LogP contribution in [0.2, 0.25) is 0 Å². The van der Waals surface area contributed by atoms with Gasteiger partial charge in [-0.2, -0.15) is 0 Å². The first kappa shape index (κ1) is 15.3. The highest BCUT2D eigenvalue weighted by Gasteiger charge is 2.35. The minimum absolute atomic E-state index is 0.426. The predicted octanol–water partition coefficient (Wildman–Crippen LogP) is 2.64. The second-order valence-corrected chi connectivity index (χ2v) is 7.58. The van der Waals surface area contributed by atoms with E-state index >= 15 is 0 Å². The Labute approximate surface area is 118 Å². The first-order valence-corrected chi connectivity index (χ1v) is 8.04. The van der Waals surface area contributed by atoms with Crippen LogP contribution in [-0.4, -0.2) is 43.3 Å². The highest BCUT2D eigenvalue weighted by molar-refractivity contribution is 4.87. The van der Waals surface area contributed by atoms with Crippen LogP contribution in [0.3, 0.4) is 0 Å². The molecule has 0 aromatic rings. The molecule has 1 saturated carbocycles. The van der Waals surface area contributed by atoms with Crippen molar-refractivity contribution in [3.63, 3.8) is 0 Å². The molecule has 112 valence electrons. The molecular formula is C16H32N2O. The number of rotatable bonds is 5. The Bertz CT molecular complexity index is 260. The zero-order valence-electron chi connectivity index (χ0n) is 13.0. The molecule has 2 rings (SSSR count). The molecule has 19 heavy (non-hydrogen) atoms. The number of nitrogens with two attached hydrogens (primary N) is 1. The van der Waals surface area contributed by atoms with E-state index in [-0.39, 0.29) is 0 Å². The molecule has 0 unspecified atom stereocenters. The van der Waals surface area contributed by atoms with Crippen LogP contribution < -0.4 is 5.73 Å². The average molecular weight is 268 g/mol. The van der Waals surface area contributed by atoms with Gasteiger partial charge < -0.3 is 15.4 Å². The number of nitrogens with zero attached hydrogens (tertiary/aromatic N) is 1. The van der Waals surface area contributed by atoms with E-state index < -0.39 is 0 Å². The van der Waals surface area contributed by atoms with E-state index in [1.807, 2.05) is 0 Å². The summed E-state index contributed by atoms with van der Waals surface area (Å²) in [7, 11) is 0. The summed E-state index contributed by atoms with van der Waals surface area (Å²) in [6.45, 7) is 11.8. The Morgan fingerprint density at radius 2 is 1.74 bits per heavy atom. The van der Waals surface area contributed by atoms with Crippen molar-refractivity contribution in [2.24, 2.45) is 17.1 Å². The Kier molecular flexibility index (Phi) is 5.27. The van der Waals surface area contributed by atoms with Crippen molar-refractivity contribution in [3.8, 4) is 0 Å².